The van der Waals surface area contributed by atoms with E-state index in [0.717, 1.165) is 11.3 Å². The molecule has 92 valence electrons. The van der Waals surface area contributed by atoms with Crippen LogP contribution in [0.2, 0.25) is 0 Å². The summed E-state index contributed by atoms with van der Waals surface area (Å²) in [7, 11) is 3.72. The molecule has 0 saturated heterocycles. The number of esters is 1. The summed E-state index contributed by atoms with van der Waals surface area (Å²) in [5.41, 5.74) is 2.20. The van der Waals surface area contributed by atoms with Crippen molar-refractivity contribution in [2.45, 2.75) is 13.8 Å². The lowest BCUT2D eigenvalue weighted by atomic mass is 10.1. The van der Waals surface area contributed by atoms with Crippen molar-refractivity contribution in [2.75, 3.05) is 20.7 Å². The highest BCUT2D eigenvalue weighted by Crippen LogP contribution is 2.16. The Balaban J connectivity index is 3.06. The Labute approximate surface area is 102 Å². The molecule has 0 saturated carbocycles. The fraction of sp³-hybridized carbons (Fsp3) is 0.385. The third kappa shape index (κ3) is 3.90. The van der Waals surface area contributed by atoms with Gasteiger partial charge in [-0.15, -0.1) is 0 Å². The Morgan fingerprint density at radius 1 is 1.47 bits per heavy atom. The molecule has 1 heterocycles. The molecule has 0 atom stereocenters. The molecule has 1 rings (SSSR count). The van der Waals surface area contributed by atoms with E-state index in [1.165, 1.54) is 0 Å². The highest BCUT2D eigenvalue weighted by atomic mass is 16.5. The Morgan fingerprint density at radius 3 is 2.65 bits per heavy atom. The van der Waals surface area contributed by atoms with E-state index in [0.29, 0.717) is 12.2 Å². The molecule has 0 radical (unpaired) electrons. The van der Waals surface area contributed by atoms with Gasteiger partial charge in [0.1, 0.15) is 0 Å². The van der Waals surface area contributed by atoms with Crippen LogP contribution in [0.3, 0.4) is 0 Å². The minimum absolute atomic E-state index is 0.327. The minimum Gasteiger partial charge on any atom is -0.462 e. The van der Waals surface area contributed by atoms with E-state index in [9.17, 15) is 4.79 Å². The maximum atomic E-state index is 11.8. The molecule has 4 nitrogen and oxygen atoms in total. The second kappa shape index (κ2) is 6.03. The van der Waals surface area contributed by atoms with Crippen LogP contribution in [0.5, 0.6) is 0 Å². The summed E-state index contributed by atoms with van der Waals surface area (Å²) in [6.45, 7) is 4.06. The first-order chi connectivity index (χ1) is 8.04. The maximum Gasteiger partial charge on any atom is 0.340 e. The van der Waals surface area contributed by atoms with Crippen molar-refractivity contribution in [3.63, 3.8) is 0 Å². The van der Waals surface area contributed by atoms with Gasteiger partial charge < -0.3 is 9.64 Å². The molecule has 0 bridgehead atoms. The number of hydrogen-bond donors (Lipinski definition) is 0. The second-order valence-electron chi connectivity index (χ2n) is 3.92. The van der Waals surface area contributed by atoms with Crippen LogP contribution in [0.25, 0.3) is 5.57 Å². The van der Waals surface area contributed by atoms with Crippen LogP contribution in [0.15, 0.2) is 24.5 Å². The zero-order valence-electron chi connectivity index (χ0n) is 10.7. The normalized spacial score (nSPS) is 11.2. The highest BCUT2D eigenvalue weighted by Gasteiger charge is 2.13. The maximum absolute atomic E-state index is 11.8. The summed E-state index contributed by atoms with van der Waals surface area (Å²) < 4.78 is 5.03. The predicted octanol–water partition coefficient (Wildman–Crippen LogP) is 1.86. The third-order valence-corrected chi connectivity index (χ3v) is 2.11. The van der Waals surface area contributed by atoms with Crippen molar-refractivity contribution in [3.8, 4) is 0 Å². The quantitative estimate of drug-likeness (QED) is 0.589. The molecule has 4 heteroatoms. The number of carbonyl (C=O) groups is 1. The summed E-state index contributed by atoms with van der Waals surface area (Å²) in [6, 6.07) is 3.74. The molecule has 0 N–H and O–H groups in total. The van der Waals surface area contributed by atoms with Gasteiger partial charge in [-0.3, -0.25) is 4.98 Å². The van der Waals surface area contributed by atoms with Crippen molar-refractivity contribution in [1.29, 1.82) is 0 Å². The van der Waals surface area contributed by atoms with E-state index >= 15 is 0 Å². The monoisotopic (exact) mass is 234 g/mol. The number of carbonyl (C=O) groups excluding carboxylic acids is 1. The lowest BCUT2D eigenvalue weighted by Gasteiger charge is -2.11. The SMILES string of the molecule is CCOC(=O)C(=CN(C)C)c1ccc(C)nc1. The molecule has 0 aliphatic carbocycles. The Morgan fingerprint density at radius 2 is 2.18 bits per heavy atom. The standard InChI is InChI=1S/C13H18N2O2/c1-5-17-13(16)12(9-15(3)4)11-7-6-10(2)14-8-11/h6-9H,5H2,1-4H3. The molecule has 0 unspecified atom stereocenters. The number of aromatic nitrogens is 1. The van der Waals surface area contributed by atoms with E-state index in [4.69, 9.17) is 4.74 Å². The number of ether oxygens (including phenoxy) is 1. The van der Waals surface area contributed by atoms with Crippen molar-refractivity contribution in [3.05, 3.63) is 35.8 Å². The fourth-order valence-electron chi connectivity index (χ4n) is 1.34. The first kappa shape index (κ1) is 13.2. The van der Waals surface area contributed by atoms with E-state index in [1.807, 2.05) is 38.1 Å². The van der Waals surface area contributed by atoms with Crippen molar-refractivity contribution in [1.82, 2.24) is 9.88 Å². The number of nitrogens with zero attached hydrogens (tertiary/aromatic N) is 2. The topological polar surface area (TPSA) is 42.4 Å². The van der Waals surface area contributed by atoms with Crippen molar-refractivity contribution >= 4 is 11.5 Å². The average molecular weight is 234 g/mol. The lowest BCUT2D eigenvalue weighted by molar-refractivity contribution is -0.136. The molecule has 0 spiro atoms. The first-order valence-electron chi connectivity index (χ1n) is 5.53. The summed E-state index contributed by atoms with van der Waals surface area (Å²) in [5.74, 6) is -0.327. The van der Waals surface area contributed by atoms with Gasteiger partial charge >= 0.3 is 5.97 Å². The van der Waals surface area contributed by atoms with Gasteiger partial charge in [-0.25, -0.2) is 4.79 Å². The van der Waals surface area contributed by atoms with Gasteiger partial charge in [-0.1, -0.05) is 6.07 Å². The molecule has 1 aromatic rings. The number of hydrogen-bond acceptors (Lipinski definition) is 4. The molecule has 0 aromatic carbocycles. The largest absolute Gasteiger partial charge is 0.462 e. The molecule has 17 heavy (non-hydrogen) atoms. The van der Waals surface area contributed by atoms with E-state index in [2.05, 4.69) is 4.98 Å². The first-order valence-corrected chi connectivity index (χ1v) is 5.53. The average Bonchev–Trinajstić information content (AvgIpc) is 2.27. The van der Waals surface area contributed by atoms with Gasteiger partial charge in [-0.05, 0) is 19.9 Å². The van der Waals surface area contributed by atoms with Crippen LogP contribution in [0, 0.1) is 6.92 Å². The lowest BCUT2D eigenvalue weighted by Crippen LogP contribution is -2.11. The second-order valence-corrected chi connectivity index (χ2v) is 3.92. The molecule has 0 amide bonds. The predicted molar refractivity (Wildman–Crippen MR) is 67.3 cm³/mol. The summed E-state index contributed by atoms with van der Waals surface area (Å²) in [5, 5.41) is 0. The van der Waals surface area contributed by atoms with Gasteiger partial charge in [0.25, 0.3) is 0 Å². The van der Waals surface area contributed by atoms with E-state index < -0.39 is 0 Å². The summed E-state index contributed by atoms with van der Waals surface area (Å²) in [4.78, 5) is 17.8. The van der Waals surface area contributed by atoms with Gasteiger partial charge in [0.05, 0.1) is 12.2 Å². The van der Waals surface area contributed by atoms with E-state index in [-0.39, 0.29) is 5.97 Å². The molecule has 0 fully saturated rings. The Hall–Kier alpha value is -1.84. The van der Waals surface area contributed by atoms with Crippen molar-refractivity contribution < 1.29 is 9.53 Å². The van der Waals surface area contributed by atoms with Gasteiger partial charge in [0.2, 0.25) is 0 Å². The minimum atomic E-state index is -0.327. The Kier molecular flexibility index (Phi) is 4.69. The molecule has 1 aromatic heterocycles. The molecular weight excluding hydrogens is 216 g/mol. The third-order valence-electron chi connectivity index (χ3n) is 2.11. The number of pyridine rings is 1. The van der Waals surface area contributed by atoms with Crippen LogP contribution in [-0.4, -0.2) is 36.6 Å². The van der Waals surface area contributed by atoms with E-state index in [1.54, 1.807) is 19.3 Å². The summed E-state index contributed by atoms with van der Waals surface area (Å²) in [6.07, 6.45) is 3.42. The smallest absolute Gasteiger partial charge is 0.340 e. The number of rotatable bonds is 4. The van der Waals surface area contributed by atoms with Gasteiger partial charge in [0, 0.05) is 37.7 Å². The molecule has 0 aliphatic rings. The van der Waals surface area contributed by atoms with Gasteiger partial charge in [0.15, 0.2) is 0 Å². The van der Waals surface area contributed by atoms with Gasteiger partial charge in [-0.2, -0.15) is 0 Å². The van der Waals surface area contributed by atoms with Crippen LogP contribution in [0.4, 0.5) is 0 Å². The van der Waals surface area contributed by atoms with Crippen LogP contribution in [-0.2, 0) is 9.53 Å². The summed E-state index contributed by atoms with van der Waals surface area (Å²) >= 11 is 0. The van der Waals surface area contributed by atoms with Crippen LogP contribution in [0.1, 0.15) is 18.2 Å². The number of aryl methyl sites for hydroxylation is 1. The fourth-order valence-corrected chi connectivity index (χ4v) is 1.34. The Bertz CT molecular complexity index is 408. The zero-order chi connectivity index (χ0) is 12.8. The van der Waals surface area contributed by atoms with Crippen LogP contribution < -0.4 is 0 Å². The molecular formula is C13H18N2O2. The van der Waals surface area contributed by atoms with Crippen molar-refractivity contribution in [2.24, 2.45) is 0 Å². The zero-order valence-corrected chi connectivity index (χ0v) is 10.7. The highest BCUT2D eigenvalue weighted by molar-refractivity contribution is 6.16. The van der Waals surface area contributed by atoms with Crippen LogP contribution >= 0.6 is 0 Å². The molecule has 0 aliphatic heterocycles.